The van der Waals surface area contributed by atoms with E-state index in [9.17, 15) is 0 Å². The summed E-state index contributed by atoms with van der Waals surface area (Å²) in [7, 11) is 28.5. The molecule has 1 unspecified atom stereocenters. The van der Waals surface area contributed by atoms with Crippen LogP contribution < -0.4 is 43.2 Å². The Labute approximate surface area is 227 Å². The zero-order chi connectivity index (χ0) is 26.3. The van der Waals surface area contributed by atoms with Gasteiger partial charge < -0.3 is 9.13 Å². The van der Waals surface area contributed by atoms with E-state index in [0.717, 1.165) is 48.8 Å². The lowest BCUT2D eigenvalue weighted by atomic mass is 9.61. The average Bonchev–Trinajstić information content (AvgIpc) is 3.42. The van der Waals surface area contributed by atoms with Crippen molar-refractivity contribution < 1.29 is 4.57 Å². The maximum atomic E-state index is 15.4. The average molecular weight is 490 g/mol. The van der Waals surface area contributed by atoms with Crippen LogP contribution in [0, 0.1) is 0 Å². The molecule has 2 heterocycles. The summed E-state index contributed by atoms with van der Waals surface area (Å²) in [6, 6.07) is 29.6. The highest BCUT2D eigenvalue weighted by Crippen LogP contribution is 2.54. The normalized spacial score (nSPS) is 16.1. The standard InChI is InChI=1S/C30H15B5NOP/c31-24-25(32)27(34)29(28(35)26(24)33)36-20-12-6-4-11-19(20)23-21(36)15-14-18-17-10-5-7-13-22(17)38(37,30(18)23)16-8-2-1-3-9-16/h1-15H. The molecule has 1 atom stereocenters. The molecule has 0 amide bonds. The third kappa shape index (κ3) is 2.89. The van der Waals surface area contributed by atoms with E-state index in [0.29, 0.717) is 5.69 Å². The second kappa shape index (κ2) is 8.22. The first-order valence-corrected chi connectivity index (χ1v) is 13.9. The molecule has 5 aromatic carbocycles. The summed E-state index contributed by atoms with van der Waals surface area (Å²) < 4.78 is 17.4. The van der Waals surface area contributed by atoms with Crippen LogP contribution in [0.25, 0.3) is 38.6 Å². The van der Waals surface area contributed by atoms with Gasteiger partial charge in [0.25, 0.3) is 0 Å². The molecule has 10 radical (unpaired) electrons. The molecule has 38 heavy (non-hydrogen) atoms. The highest BCUT2D eigenvalue weighted by molar-refractivity contribution is 7.86. The number of fused-ring (bicyclic) bond motifs is 7. The van der Waals surface area contributed by atoms with E-state index in [2.05, 4.69) is 0 Å². The molecule has 1 aromatic heterocycles. The number of aromatic nitrogens is 1. The van der Waals surface area contributed by atoms with Gasteiger partial charge in [0, 0.05) is 32.4 Å². The molecular weight excluding hydrogens is 475 g/mol. The molecule has 0 saturated heterocycles. The number of hydrogen-bond acceptors (Lipinski definition) is 1. The number of hydrogen-bond donors (Lipinski definition) is 0. The summed E-state index contributed by atoms with van der Waals surface area (Å²) in [5, 5.41) is 4.25. The molecule has 0 spiro atoms. The largest absolute Gasteiger partial charge is 0.310 e. The number of benzene rings is 5. The molecule has 1 aliphatic rings. The summed E-state index contributed by atoms with van der Waals surface area (Å²) in [6.45, 7) is 0. The van der Waals surface area contributed by atoms with Crippen LogP contribution in [0.15, 0.2) is 91.0 Å². The first kappa shape index (κ1) is 23.6. The first-order chi connectivity index (χ1) is 18.4. The SMILES string of the molecule is [B]c1c([B])c([B])c(-n2c3ccccc3c3c4c(ccc32)-c2ccccc2P4(=O)c2ccccc2)c([B])c1[B]. The highest BCUT2D eigenvalue weighted by Gasteiger charge is 2.42. The second-order valence-electron chi connectivity index (χ2n) is 9.59. The second-order valence-corrected chi connectivity index (χ2v) is 12.3. The van der Waals surface area contributed by atoms with Gasteiger partial charge in [-0.15, -0.1) is 16.4 Å². The van der Waals surface area contributed by atoms with E-state index in [-0.39, 0.29) is 27.3 Å². The third-order valence-corrected chi connectivity index (χ3v) is 10.9. The Morgan fingerprint density at radius 2 is 1.16 bits per heavy atom. The van der Waals surface area contributed by atoms with Crippen molar-refractivity contribution in [3.63, 3.8) is 0 Å². The lowest BCUT2D eigenvalue weighted by molar-refractivity contribution is 0.593. The smallest absolute Gasteiger partial charge is 0.172 e. The monoisotopic (exact) mass is 491 g/mol. The molecule has 0 saturated carbocycles. The fourth-order valence-corrected chi connectivity index (χ4v) is 9.19. The predicted molar refractivity (Wildman–Crippen MR) is 166 cm³/mol. The van der Waals surface area contributed by atoms with Crippen molar-refractivity contribution in [3.8, 4) is 16.8 Å². The first-order valence-electron chi connectivity index (χ1n) is 12.2. The third-order valence-electron chi connectivity index (χ3n) is 7.67. The maximum Gasteiger partial charge on any atom is 0.172 e. The number of nitrogens with zero attached hydrogens (tertiary/aromatic N) is 1. The molecule has 6 aromatic rings. The van der Waals surface area contributed by atoms with Crippen LogP contribution in [-0.4, -0.2) is 43.8 Å². The van der Waals surface area contributed by atoms with Crippen molar-refractivity contribution in [3.05, 3.63) is 91.0 Å². The van der Waals surface area contributed by atoms with Crippen LogP contribution >= 0.6 is 7.14 Å². The van der Waals surface area contributed by atoms with Gasteiger partial charge in [0.2, 0.25) is 0 Å². The van der Waals surface area contributed by atoms with Gasteiger partial charge >= 0.3 is 0 Å². The van der Waals surface area contributed by atoms with Gasteiger partial charge in [0.05, 0.1) is 11.0 Å². The fraction of sp³-hybridized carbons (Fsp3) is 0. The van der Waals surface area contributed by atoms with Crippen LogP contribution in [0.2, 0.25) is 0 Å². The Bertz CT molecular complexity index is 1990. The Morgan fingerprint density at radius 3 is 1.89 bits per heavy atom. The van der Waals surface area contributed by atoms with Crippen molar-refractivity contribution in [2.75, 3.05) is 0 Å². The summed E-state index contributed by atoms with van der Waals surface area (Å²) in [5.41, 5.74) is 5.05. The van der Waals surface area contributed by atoms with Crippen molar-refractivity contribution >= 4 is 111 Å². The van der Waals surface area contributed by atoms with Crippen LogP contribution in [0.4, 0.5) is 0 Å². The van der Waals surface area contributed by atoms with Crippen LogP contribution in [0.1, 0.15) is 0 Å². The summed E-state index contributed by atoms with van der Waals surface area (Å²) in [6.07, 6.45) is 0. The molecule has 0 fully saturated rings. The van der Waals surface area contributed by atoms with E-state index in [1.807, 2.05) is 95.6 Å². The van der Waals surface area contributed by atoms with Gasteiger partial charge in [-0.2, -0.15) is 0 Å². The van der Waals surface area contributed by atoms with E-state index >= 15 is 4.57 Å². The molecule has 7 rings (SSSR count). The Hall–Kier alpha value is -3.55. The quantitative estimate of drug-likeness (QED) is 0.254. The predicted octanol–water partition coefficient (Wildman–Crippen LogP) is 0.373. The van der Waals surface area contributed by atoms with E-state index in [1.165, 1.54) is 0 Å². The molecule has 0 N–H and O–H groups in total. The molecular formula is C30H15B5NOP. The molecule has 8 heteroatoms. The zero-order valence-electron chi connectivity index (χ0n) is 20.3. The van der Waals surface area contributed by atoms with Gasteiger partial charge in [0.1, 0.15) is 39.2 Å². The Kier molecular flexibility index (Phi) is 5.10. The number of para-hydroxylation sites is 1. The number of rotatable bonds is 2. The summed E-state index contributed by atoms with van der Waals surface area (Å²) >= 11 is 0. The molecule has 0 aliphatic carbocycles. The molecule has 166 valence electrons. The Morgan fingerprint density at radius 1 is 0.553 bits per heavy atom. The van der Waals surface area contributed by atoms with Crippen LogP contribution in [-0.2, 0) is 4.57 Å². The topological polar surface area (TPSA) is 22.0 Å². The minimum atomic E-state index is -3.23. The van der Waals surface area contributed by atoms with Gasteiger partial charge in [-0.25, -0.2) is 0 Å². The summed E-state index contributed by atoms with van der Waals surface area (Å²) in [4.78, 5) is 0. The van der Waals surface area contributed by atoms with E-state index in [1.54, 1.807) is 0 Å². The maximum absolute atomic E-state index is 15.4. The Balaban J connectivity index is 1.71. The van der Waals surface area contributed by atoms with Gasteiger partial charge in [0.15, 0.2) is 7.14 Å². The van der Waals surface area contributed by atoms with Crippen molar-refractivity contribution in [1.29, 1.82) is 0 Å². The van der Waals surface area contributed by atoms with E-state index < -0.39 is 7.14 Å². The molecule has 2 nitrogen and oxygen atoms in total. The van der Waals surface area contributed by atoms with Crippen molar-refractivity contribution in [2.24, 2.45) is 0 Å². The lowest BCUT2D eigenvalue weighted by Gasteiger charge is -2.23. The molecule has 1 aliphatic heterocycles. The van der Waals surface area contributed by atoms with Crippen LogP contribution in [0.5, 0.6) is 0 Å². The summed E-state index contributed by atoms with van der Waals surface area (Å²) in [5.74, 6) is 0. The van der Waals surface area contributed by atoms with Gasteiger partial charge in [-0.05, 0) is 23.3 Å². The fourth-order valence-electron chi connectivity index (χ4n) is 5.91. The minimum Gasteiger partial charge on any atom is -0.310 e. The minimum absolute atomic E-state index is 0.162. The van der Waals surface area contributed by atoms with Gasteiger partial charge in [-0.1, -0.05) is 89.8 Å². The van der Waals surface area contributed by atoms with E-state index in [4.69, 9.17) is 39.2 Å². The molecule has 0 bridgehead atoms. The highest BCUT2D eigenvalue weighted by atomic mass is 31.2. The van der Waals surface area contributed by atoms with Crippen molar-refractivity contribution in [2.45, 2.75) is 0 Å². The zero-order valence-corrected chi connectivity index (χ0v) is 21.2. The lowest BCUT2D eigenvalue weighted by Crippen LogP contribution is -2.56. The van der Waals surface area contributed by atoms with Crippen LogP contribution in [0.3, 0.4) is 0 Å². The van der Waals surface area contributed by atoms with Gasteiger partial charge in [-0.3, -0.25) is 0 Å². The van der Waals surface area contributed by atoms with Crippen molar-refractivity contribution in [1.82, 2.24) is 4.57 Å².